The van der Waals surface area contributed by atoms with Crippen molar-refractivity contribution in [1.82, 2.24) is 4.57 Å². The molecule has 0 unspecified atom stereocenters. The zero-order valence-corrected chi connectivity index (χ0v) is 16.3. The molecule has 3 rings (SSSR count). The van der Waals surface area contributed by atoms with E-state index in [9.17, 15) is 14.7 Å². The standard InChI is InChI=1S/C21H17ClN2O5/c1-11-7-13(10-23-14-3-6-19(25)17(8-14)21(28)29)12(2)24(11)15-4-5-16(20(26)27)18(22)9-15/h3-10,25H,1-2H3,(H,26,27)(H,28,29). The molecule has 0 amide bonds. The van der Waals surface area contributed by atoms with Crippen LogP contribution in [-0.4, -0.2) is 38.0 Å². The molecule has 1 aromatic heterocycles. The Bertz CT molecular complexity index is 1160. The number of carbonyl (C=O) groups is 2. The lowest BCUT2D eigenvalue weighted by molar-refractivity contribution is 0.0684. The number of aliphatic imine (C=N–C) groups is 1. The van der Waals surface area contributed by atoms with Crippen molar-refractivity contribution in [3.63, 3.8) is 0 Å². The first-order valence-corrected chi connectivity index (χ1v) is 8.89. The number of hydrogen-bond acceptors (Lipinski definition) is 4. The average Bonchev–Trinajstić information content (AvgIpc) is 2.93. The normalized spacial score (nSPS) is 11.1. The van der Waals surface area contributed by atoms with Crippen LogP contribution in [0.5, 0.6) is 5.75 Å². The topological polar surface area (TPSA) is 112 Å². The molecule has 0 saturated heterocycles. The molecule has 1 heterocycles. The first kappa shape index (κ1) is 20.2. The van der Waals surface area contributed by atoms with Crippen LogP contribution in [-0.2, 0) is 0 Å². The second kappa shape index (κ2) is 7.81. The molecule has 29 heavy (non-hydrogen) atoms. The minimum absolute atomic E-state index is 0.0289. The maximum absolute atomic E-state index is 11.2. The molecule has 7 nitrogen and oxygen atoms in total. The van der Waals surface area contributed by atoms with E-state index in [1.54, 1.807) is 18.3 Å². The van der Waals surface area contributed by atoms with E-state index >= 15 is 0 Å². The molecule has 3 N–H and O–H groups in total. The Balaban J connectivity index is 1.97. The largest absolute Gasteiger partial charge is 0.507 e. The SMILES string of the molecule is Cc1cc(C=Nc2ccc(O)c(C(=O)O)c2)c(C)n1-c1ccc(C(=O)O)c(Cl)c1. The summed E-state index contributed by atoms with van der Waals surface area (Å²) >= 11 is 6.09. The highest BCUT2D eigenvalue weighted by Gasteiger charge is 2.14. The predicted octanol–water partition coefficient (Wildman–Crippen LogP) is 4.60. The molecule has 0 aliphatic rings. The first-order valence-electron chi connectivity index (χ1n) is 8.51. The highest BCUT2D eigenvalue weighted by atomic mass is 35.5. The maximum Gasteiger partial charge on any atom is 0.339 e. The van der Waals surface area contributed by atoms with Crippen molar-refractivity contribution in [2.75, 3.05) is 0 Å². The number of aromatic carboxylic acids is 2. The molecule has 0 aliphatic carbocycles. The molecule has 0 atom stereocenters. The van der Waals surface area contributed by atoms with E-state index in [-0.39, 0.29) is 21.9 Å². The highest BCUT2D eigenvalue weighted by molar-refractivity contribution is 6.33. The van der Waals surface area contributed by atoms with Gasteiger partial charge in [0.15, 0.2) is 0 Å². The lowest BCUT2D eigenvalue weighted by Crippen LogP contribution is -2.02. The Labute approximate surface area is 171 Å². The third kappa shape index (κ3) is 4.00. The number of aromatic nitrogens is 1. The zero-order chi connectivity index (χ0) is 21.3. The molecule has 2 aromatic carbocycles. The summed E-state index contributed by atoms with van der Waals surface area (Å²) in [5.41, 5.74) is 3.44. The van der Waals surface area contributed by atoms with Crippen LogP contribution in [0, 0.1) is 13.8 Å². The van der Waals surface area contributed by atoms with E-state index < -0.39 is 11.9 Å². The molecule has 0 saturated carbocycles. The van der Waals surface area contributed by atoms with Gasteiger partial charge in [0.25, 0.3) is 0 Å². The van der Waals surface area contributed by atoms with Crippen molar-refractivity contribution < 1.29 is 24.9 Å². The smallest absolute Gasteiger partial charge is 0.339 e. The summed E-state index contributed by atoms with van der Waals surface area (Å²) < 4.78 is 1.92. The molecular weight excluding hydrogens is 396 g/mol. The monoisotopic (exact) mass is 412 g/mol. The molecule has 0 aliphatic heterocycles. The summed E-state index contributed by atoms with van der Waals surface area (Å²) in [6.45, 7) is 3.78. The number of benzene rings is 2. The van der Waals surface area contributed by atoms with Gasteiger partial charge >= 0.3 is 11.9 Å². The minimum Gasteiger partial charge on any atom is -0.507 e. The Hall–Kier alpha value is -3.58. The predicted molar refractivity (Wildman–Crippen MR) is 110 cm³/mol. The number of carboxylic acid groups (broad SMARTS) is 2. The summed E-state index contributed by atoms with van der Waals surface area (Å²) in [4.78, 5) is 26.6. The maximum atomic E-state index is 11.2. The Morgan fingerprint density at radius 2 is 1.69 bits per heavy atom. The van der Waals surface area contributed by atoms with Crippen LogP contribution in [0.15, 0.2) is 47.5 Å². The van der Waals surface area contributed by atoms with Gasteiger partial charge in [-0.15, -0.1) is 0 Å². The Morgan fingerprint density at radius 3 is 2.31 bits per heavy atom. The van der Waals surface area contributed by atoms with Gasteiger partial charge in [-0.2, -0.15) is 0 Å². The zero-order valence-electron chi connectivity index (χ0n) is 15.5. The number of aryl methyl sites for hydroxylation is 1. The van der Waals surface area contributed by atoms with Crippen molar-refractivity contribution >= 4 is 35.4 Å². The molecule has 0 fully saturated rings. The van der Waals surface area contributed by atoms with Gasteiger partial charge in [0.05, 0.1) is 16.3 Å². The summed E-state index contributed by atoms with van der Waals surface area (Å²) in [7, 11) is 0. The van der Waals surface area contributed by atoms with Crippen LogP contribution in [0.4, 0.5) is 5.69 Å². The summed E-state index contributed by atoms with van der Waals surface area (Å²) in [6, 6.07) is 10.7. The van der Waals surface area contributed by atoms with Crippen LogP contribution in [0.1, 0.15) is 37.7 Å². The van der Waals surface area contributed by atoms with E-state index in [0.29, 0.717) is 11.4 Å². The van der Waals surface area contributed by atoms with Gasteiger partial charge in [-0.05, 0) is 56.3 Å². The number of rotatable bonds is 5. The lowest BCUT2D eigenvalue weighted by atomic mass is 10.2. The van der Waals surface area contributed by atoms with E-state index in [1.165, 1.54) is 24.3 Å². The van der Waals surface area contributed by atoms with Gasteiger partial charge in [0.1, 0.15) is 11.3 Å². The third-order valence-electron chi connectivity index (χ3n) is 4.47. The number of phenols is 1. The fraction of sp³-hybridized carbons (Fsp3) is 0.0952. The van der Waals surface area contributed by atoms with Gasteiger partial charge in [-0.25, -0.2) is 9.59 Å². The second-order valence-corrected chi connectivity index (χ2v) is 6.80. The van der Waals surface area contributed by atoms with Gasteiger partial charge < -0.3 is 19.9 Å². The van der Waals surface area contributed by atoms with E-state index in [2.05, 4.69) is 4.99 Å². The fourth-order valence-electron chi connectivity index (χ4n) is 3.05. The van der Waals surface area contributed by atoms with Gasteiger partial charge in [0.2, 0.25) is 0 Å². The third-order valence-corrected chi connectivity index (χ3v) is 4.79. The molecule has 3 aromatic rings. The molecular formula is C21H17ClN2O5. The number of nitrogens with zero attached hydrogens (tertiary/aromatic N) is 2. The molecule has 0 spiro atoms. The molecule has 148 valence electrons. The van der Waals surface area contributed by atoms with Gasteiger partial charge in [-0.1, -0.05) is 11.6 Å². The molecule has 0 radical (unpaired) electrons. The van der Waals surface area contributed by atoms with E-state index in [0.717, 1.165) is 17.0 Å². The van der Waals surface area contributed by atoms with Crippen molar-refractivity contribution in [3.05, 3.63) is 75.6 Å². The molecule has 0 bridgehead atoms. The number of aromatic hydroxyl groups is 1. The van der Waals surface area contributed by atoms with Crippen LogP contribution in [0.2, 0.25) is 5.02 Å². The van der Waals surface area contributed by atoms with Crippen molar-refractivity contribution in [2.24, 2.45) is 4.99 Å². The fourth-order valence-corrected chi connectivity index (χ4v) is 3.31. The quantitative estimate of drug-likeness (QED) is 0.530. The van der Waals surface area contributed by atoms with Crippen LogP contribution >= 0.6 is 11.6 Å². The molecule has 8 heteroatoms. The Morgan fingerprint density at radius 1 is 1.00 bits per heavy atom. The highest BCUT2D eigenvalue weighted by Crippen LogP contribution is 2.26. The van der Waals surface area contributed by atoms with Crippen LogP contribution in [0.3, 0.4) is 0 Å². The van der Waals surface area contributed by atoms with Crippen molar-refractivity contribution in [2.45, 2.75) is 13.8 Å². The number of hydrogen-bond donors (Lipinski definition) is 3. The second-order valence-electron chi connectivity index (χ2n) is 6.40. The van der Waals surface area contributed by atoms with Crippen molar-refractivity contribution in [3.8, 4) is 11.4 Å². The first-order chi connectivity index (χ1) is 13.7. The lowest BCUT2D eigenvalue weighted by Gasteiger charge is -2.11. The van der Waals surface area contributed by atoms with E-state index in [4.69, 9.17) is 21.8 Å². The summed E-state index contributed by atoms with van der Waals surface area (Å²) in [5.74, 6) is -2.65. The van der Waals surface area contributed by atoms with Crippen molar-refractivity contribution in [1.29, 1.82) is 0 Å². The van der Waals surface area contributed by atoms with Gasteiger partial charge in [0, 0.05) is 28.9 Å². The van der Waals surface area contributed by atoms with Gasteiger partial charge in [-0.3, -0.25) is 4.99 Å². The summed E-state index contributed by atoms with van der Waals surface area (Å²) in [5, 5.41) is 28.0. The Kier molecular flexibility index (Phi) is 5.43. The minimum atomic E-state index is -1.24. The van der Waals surface area contributed by atoms with E-state index in [1.807, 2.05) is 24.5 Å². The number of halogens is 1. The van der Waals surface area contributed by atoms with Crippen LogP contribution in [0.25, 0.3) is 5.69 Å². The van der Waals surface area contributed by atoms with Crippen LogP contribution < -0.4 is 0 Å². The average molecular weight is 413 g/mol. The summed E-state index contributed by atoms with van der Waals surface area (Å²) in [6.07, 6.45) is 1.60. The number of carboxylic acids is 2.